The van der Waals surface area contributed by atoms with Crippen LogP contribution in [0.4, 0.5) is 4.39 Å². The second-order valence-corrected chi connectivity index (χ2v) is 7.54. The van der Waals surface area contributed by atoms with Crippen molar-refractivity contribution in [2.45, 2.75) is 31.7 Å². The highest BCUT2D eigenvalue weighted by atomic mass is 32.2. The van der Waals surface area contributed by atoms with Crippen molar-refractivity contribution in [2.75, 3.05) is 19.3 Å². The molecule has 0 saturated carbocycles. The molecule has 1 fully saturated rings. The Kier molecular flexibility index (Phi) is 5.52. The van der Waals surface area contributed by atoms with E-state index in [4.69, 9.17) is 0 Å². The van der Waals surface area contributed by atoms with Gasteiger partial charge in [-0.25, -0.2) is 12.8 Å². The molecule has 1 aromatic carbocycles. The molecule has 1 aromatic rings. The van der Waals surface area contributed by atoms with Gasteiger partial charge >= 0.3 is 0 Å². The SMILES string of the molecule is CS(=O)(=O)N1CCCC1CNC(=O)CCc1ccc(F)cc1. The molecule has 0 spiro atoms. The second-order valence-electron chi connectivity index (χ2n) is 5.60. The van der Waals surface area contributed by atoms with Gasteiger partial charge in [0.15, 0.2) is 0 Å². The monoisotopic (exact) mass is 328 g/mol. The van der Waals surface area contributed by atoms with Gasteiger partial charge < -0.3 is 5.32 Å². The van der Waals surface area contributed by atoms with Gasteiger partial charge in [-0.15, -0.1) is 0 Å². The van der Waals surface area contributed by atoms with Crippen LogP contribution in [0.3, 0.4) is 0 Å². The highest BCUT2D eigenvalue weighted by Gasteiger charge is 2.31. The van der Waals surface area contributed by atoms with E-state index in [0.29, 0.717) is 25.9 Å². The molecule has 5 nitrogen and oxygen atoms in total. The first-order valence-electron chi connectivity index (χ1n) is 7.34. The smallest absolute Gasteiger partial charge is 0.220 e. The number of carbonyl (C=O) groups excluding carboxylic acids is 1. The van der Waals surface area contributed by atoms with Gasteiger partial charge in [-0.05, 0) is 37.0 Å². The van der Waals surface area contributed by atoms with Crippen molar-refractivity contribution >= 4 is 15.9 Å². The lowest BCUT2D eigenvalue weighted by molar-refractivity contribution is -0.121. The van der Waals surface area contributed by atoms with Crippen molar-refractivity contribution in [1.82, 2.24) is 9.62 Å². The molecule has 1 atom stereocenters. The van der Waals surface area contributed by atoms with E-state index in [1.165, 1.54) is 22.7 Å². The number of nitrogens with zero attached hydrogens (tertiary/aromatic N) is 1. The van der Waals surface area contributed by atoms with Gasteiger partial charge in [-0.1, -0.05) is 12.1 Å². The van der Waals surface area contributed by atoms with Gasteiger partial charge in [-0.2, -0.15) is 4.31 Å². The topological polar surface area (TPSA) is 66.5 Å². The van der Waals surface area contributed by atoms with Gasteiger partial charge in [0.05, 0.1) is 6.26 Å². The Balaban J connectivity index is 1.77. The second kappa shape index (κ2) is 7.19. The third kappa shape index (κ3) is 4.78. The molecule has 7 heteroatoms. The number of hydrogen-bond donors (Lipinski definition) is 1. The lowest BCUT2D eigenvalue weighted by Gasteiger charge is -2.22. The fourth-order valence-electron chi connectivity index (χ4n) is 2.68. The summed E-state index contributed by atoms with van der Waals surface area (Å²) in [6.07, 6.45) is 3.62. The minimum Gasteiger partial charge on any atom is -0.354 e. The molecule has 0 bridgehead atoms. The van der Waals surface area contributed by atoms with Crippen LogP contribution < -0.4 is 5.32 Å². The van der Waals surface area contributed by atoms with Crippen LogP contribution in [0.1, 0.15) is 24.8 Å². The van der Waals surface area contributed by atoms with Gasteiger partial charge in [0.2, 0.25) is 15.9 Å². The van der Waals surface area contributed by atoms with E-state index in [2.05, 4.69) is 5.32 Å². The summed E-state index contributed by atoms with van der Waals surface area (Å²) in [4.78, 5) is 11.8. The molecular formula is C15H21FN2O3S. The fourth-order valence-corrected chi connectivity index (χ4v) is 3.86. The highest BCUT2D eigenvalue weighted by Crippen LogP contribution is 2.19. The lowest BCUT2D eigenvalue weighted by Crippen LogP contribution is -2.42. The van der Waals surface area contributed by atoms with Crippen LogP contribution in [0.5, 0.6) is 0 Å². The molecule has 1 amide bonds. The zero-order valence-corrected chi connectivity index (χ0v) is 13.4. The summed E-state index contributed by atoms with van der Waals surface area (Å²) in [5, 5.41) is 2.79. The number of halogens is 1. The molecule has 1 N–H and O–H groups in total. The number of aryl methyl sites for hydroxylation is 1. The van der Waals surface area contributed by atoms with E-state index in [0.717, 1.165) is 18.4 Å². The zero-order chi connectivity index (χ0) is 16.2. The van der Waals surface area contributed by atoms with Crippen molar-refractivity contribution in [2.24, 2.45) is 0 Å². The number of carbonyl (C=O) groups is 1. The van der Waals surface area contributed by atoms with Crippen LogP contribution in [-0.2, 0) is 21.2 Å². The minimum atomic E-state index is -3.21. The summed E-state index contributed by atoms with van der Waals surface area (Å²) in [6, 6.07) is 5.91. The molecule has 0 radical (unpaired) electrons. The maximum atomic E-state index is 12.8. The molecular weight excluding hydrogens is 307 g/mol. The summed E-state index contributed by atoms with van der Waals surface area (Å²) in [7, 11) is -3.21. The molecule has 2 rings (SSSR count). The predicted molar refractivity (Wildman–Crippen MR) is 82.3 cm³/mol. The van der Waals surface area contributed by atoms with Gasteiger partial charge in [0.25, 0.3) is 0 Å². The van der Waals surface area contributed by atoms with Crippen molar-refractivity contribution in [1.29, 1.82) is 0 Å². The number of nitrogens with one attached hydrogen (secondary N) is 1. The molecule has 1 saturated heterocycles. The Morgan fingerprint density at radius 2 is 2.05 bits per heavy atom. The van der Waals surface area contributed by atoms with E-state index < -0.39 is 10.0 Å². The highest BCUT2D eigenvalue weighted by molar-refractivity contribution is 7.88. The van der Waals surface area contributed by atoms with Gasteiger partial charge in [-0.3, -0.25) is 4.79 Å². The van der Waals surface area contributed by atoms with Gasteiger partial charge in [0, 0.05) is 25.6 Å². The Bertz CT molecular complexity index is 616. The Morgan fingerprint density at radius 3 is 2.68 bits per heavy atom. The quantitative estimate of drug-likeness (QED) is 0.856. The van der Waals surface area contributed by atoms with Gasteiger partial charge in [0.1, 0.15) is 5.82 Å². The molecule has 122 valence electrons. The number of rotatable bonds is 6. The summed E-state index contributed by atoms with van der Waals surface area (Å²) < 4.78 is 37.4. The maximum Gasteiger partial charge on any atom is 0.220 e. The van der Waals surface area contributed by atoms with Crippen molar-refractivity contribution in [3.63, 3.8) is 0 Å². The van der Waals surface area contributed by atoms with E-state index in [9.17, 15) is 17.6 Å². The van der Waals surface area contributed by atoms with E-state index in [1.807, 2.05) is 0 Å². The summed E-state index contributed by atoms with van der Waals surface area (Å²) >= 11 is 0. The van der Waals surface area contributed by atoms with Crippen LogP contribution in [0, 0.1) is 5.82 Å². The van der Waals surface area contributed by atoms with E-state index in [1.54, 1.807) is 12.1 Å². The maximum absolute atomic E-state index is 12.8. The van der Waals surface area contributed by atoms with Crippen LogP contribution in [-0.4, -0.2) is 44.0 Å². The number of amides is 1. The lowest BCUT2D eigenvalue weighted by atomic mass is 10.1. The Hall–Kier alpha value is -1.47. The summed E-state index contributed by atoms with van der Waals surface area (Å²) in [5.74, 6) is -0.417. The third-order valence-corrected chi connectivity index (χ3v) is 5.17. The van der Waals surface area contributed by atoms with Crippen LogP contribution >= 0.6 is 0 Å². The van der Waals surface area contributed by atoms with Crippen molar-refractivity contribution < 1.29 is 17.6 Å². The predicted octanol–water partition coefficient (Wildman–Crippen LogP) is 1.30. The Labute approximate surface area is 130 Å². The van der Waals surface area contributed by atoms with E-state index >= 15 is 0 Å². The average Bonchev–Trinajstić information content (AvgIpc) is 2.93. The molecule has 1 heterocycles. The molecule has 1 aliphatic rings. The van der Waals surface area contributed by atoms with Crippen molar-refractivity contribution in [3.8, 4) is 0 Å². The van der Waals surface area contributed by atoms with Crippen molar-refractivity contribution in [3.05, 3.63) is 35.6 Å². The Morgan fingerprint density at radius 1 is 1.36 bits per heavy atom. The molecule has 1 aliphatic heterocycles. The van der Waals surface area contributed by atoms with Crippen LogP contribution in [0.2, 0.25) is 0 Å². The molecule has 0 aromatic heterocycles. The standard InChI is InChI=1S/C15H21FN2O3S/c1-22(20,21)18-10-2-3-14(18)11-17-15(19)9-6-12-4-7-13(16)8-5-12/h4-5,7-8,14H,2-3,6,9-11H2,1H3,(H,17,19). The minimum absolute atomic E-state index is 0.121. The van der Waals surface area contributed by atoms with Crippen LogP contribution in [0.15, 0.2) is 24.3 Å². The largest absolute Gasteiger partial charge is 0.354 e. The zero-order valence-electron chi connectivity index (χ0n) is 12.6. The fraction of sp³-hybridized carbons (Fsp3) is 0.533. The van der Waals surface area contributed by atoms with E-state index in [-0.39, 0.29) is 17.8 Å². The first-order valence-corrected chi connectivity index (χ1v) is 9.19. The third-order valence-electron chi connectivity index (χ3n) is 3.84. The molecule has 1 unspecified atom stereocenters. The summed E-state index contributed by atoms with van der Waals surface area (Å²) in [5.41, 5.74) is 0.898. The molecule has 0 aliphatic carbocycles. The average molecular weight is 328 g/mol. The number of hydrogen-bond acceptors (Lipinski definition) is 3. The number of sulfonamides is 1. The molecule has 22 heavy (non-hydrogen) atoms. The number of benzene rings is 1. The summed E-state index contributed by atoms with van der Waals surface area (Å²) in [6.45, 7) is 0.865. The van der Waals surface area contributed by atoms with Crippen LogP contribution in [0.25, 0.3) is 0 Å². The normalized spacial score (nSPS) is 19.3. The first-order chi connectivity index (χ1) is 10.4. The first kappa shape index (κ1) is 16.9.